The maximum absolute atomic E-state index is 10.5. The second-order valence-electron chi connectivity index (χ2n) is 4.98. The van der Waals surface area contributed by atoms with Crippen molar-refractivity contribution in [2.45, 2.75) is 26.9 Å². The zero-order valence-electron chi connectivity index (χ0n) is 12.3. The fourth-order valence-corrected chi connectivity index (χ4v) is 1.68. The molecule has 0 unspecified atom stereocenters. The van der Waals surface area contributed by atoms with Crippen LogP contribution in [0.5, 0.6) is 5.75 Å². The largest absolute Gasteiger partial charge is 0.496 e. The van der Waals surface area contributed by atoms with Crippen molar-refractivity contribution >= 4 is 12.0 Å². The molecule has 4 nitrogen and oxygen atoms in total. The average Bonchev–Trinajstić information content (AvgIpc) is 2.41. The van der Waals surface area contributed by atoms with Crippen molar-refractivity contribution in [3.8, 4) is 5.75 Å². The third kappa shape index (κ3) is 5.89. The number of hydrogen-bond acceptors (Lipinski definition) is 3. The highest BCUT2D eigenvalue weighted by atomic mass is 16.5. The third-order valence-corrected chi connectivity index (χ3v) is 2.82. The highest BCUT2D eigenvalue weighted by Gasteiger charge is 2.04. The van der Waals surface area contributed by atoms with E-state index in [1.54, 1.807) is 13.2 Å². The predicted molar refractivity (Wildman–Crippen MR) is 78.8 cm³/mol. The monoisotopic (exact) mass is 278 g/mol. The second kappa shape index (κ2) is 8.38. The van der Waals surface area contributed by atoms with Crippen molar-refractivity contribution in [1.29, 1.82) is 0 Å². The van der Waals surface area contributed by atoms with Crippen LogP contribution in [0.4, 0.5) is 0 Å². The lowest BCUT2D eigenvalue weighted by atomic mass is 10.1. The van der Waals surface area contributed by atoms with Gasteiger partial charge in [0.15, 0.2) is 0 Å². The maximum atomic E-state index is 10.5. The topological polar surface area (TPSA) is 55.8 Å². The molecule has 0 saturated carbocycles. The first-order chi connectivity index (χ1) is 9.52. The summed E-state index contributed by atoms with van der Waals surface area (Å²) < 4.78 is 10.9. The number of ether oxygens (including phenoxy) is 2. The Morgan fingerprint density at radius 2 is 2.15 bits per heavy atom. The zero-order chi connectivity index (χ0) is 15.0. The number of hydrogen-bond donors (Lipinski definition) is 1. The van der Waals surface area contributed by atoms with Gasteiger partial charge in [0.05, 0.1) is 13.7 Å². The number of rotatable bonds is 8. The Balaban J connectivity index is 2.70. The molecule has 110 valence electrons. The summed E-state index contributed by atoms with van der Waals surface area (Å²) in [6.07, 6.45) is 3.69. The Labute approximate surface area is 120 Å². The summed E-state index contributed by atoms with van der Waals surface area (Å²) in [5.74, 6) is 0.402. The van der Waals surface area contributed by atoms with E-state index in [2.05, 4.69) is 13.8 Å². The molecule has 1 N–H and O–H groups in total. The van der Waals surface area contributed by atoms with Gasteiger partial charge in [0.1, 0.15) is 5.75 Å². The van der Waals surface area contributed by atoms with Gasteiger partial charge in [-0.1, -0.05) is 19.9 Å². The SMILES string of the molecule is COc1ccc(C=CC(=O)O)cc1COCCC(C)C. The number of carboxylic acid groups (broad SMARTS) is 1. The Kier molecular flexibility index (Phi) is 6.81. The van der Waals surface area contributed by atoms with E-state index in [0.717, 1.165) is 29.4 Å². The van der Waals surface area contributed by atoms with E-state index in [9.17, 15) is 4.79 Å². The second-order valence-corrected chi connectivity index (χ2v) is 4.98. The summed E-state index contributed by atoms with van der Waals surface area (Å²) in [7, 11) is 1.61. The Bertz CT molecular complexity index is 464. The summed E-state index contributed by atoms with van der Waals surface area (Å²) in [6.45, 7) is 5.48. The molecule has 0 heterocycles. The molecule has 0 atom stereocenters. The van der Waals surface area contributed by atoms with Crippen LogP contribution < -0.4 is 4.74 Å². The minimum atomic E-state index is -0.962. The van der Waals surface area contributed by atoms with E-state index in [-0.39, 0.29) is 0 Å². The first-order valence-corrected chi connectivity index (χ1v) is 6.68. The van der Waals surface area contributed by atoms with Crippen molar-refractivity contribution < 1.29 is 19.4 Å². The molecular weight excluding hydrogens is 256 g/mol. The van der Waals surface area contributed by atoms with Gasteiger partial charge in [0, 0.05) is 18.2 Å². The van der Waals surface area contributed by atoms with Crippen molar-refractivity contribution in [1.82, 2.24) is 0 Å². The Morgan fingerprint density at radius 3 is 2.75 bits per heavy atom. The number of carbonyl (C=O) groups is 1. The molecule has 0 radical (unpaired) electrons. The molecule has 0 aliphatic heterocycles. The van der Waals surface area contributed by atoms with Crippen LogP contribution in [0.2, 0.25) is 0 Å². The minimum absolute atomic E-state index is 0.463. The molecular formula is C16H22O4. The molecule has 0 bridgehead atoms. The first kappa shape index (κ1) is 16.2. The number of methoxy groups -OCH3 is 1. The Morgan fingerprint density at radius 1 is 1.40 bits per heavy atom. The standard InChI is InChI=1S/C16H22O4/c1-12(2)8-9-20-11-14-10-13(5-7-16(17)18)4-6-15(14)19-3/h4-7,10,12H,8-9,11H2,1-3H3,(H,17,18). The van der Waals surface area contributed by atoms with E-state index in [1.165, 1.54) is 0 Å². The van der Waals surface area contributed by atoms with Gasteiger partial charge in [-0.2, -0.15) is 0 Å². The maximum Gasteiger partial charge on any atom is 0.328 e. The van der Waals surface area contributed by atoms with Crippen molar-refractivity contribution in [3.63, 3.8) is 0 Å². The van der Waals surface area contributed by atoms with Gasteiger partial charge < -0.3 is 14.6 Å². The zero-order valence-corrected chi connectivity index (χ0v) is 12.3. The summed E-state index contributed by atoms with van der Waals surface area (Å²) in [4.78, 5) is 10.5. The fourth-order valence-electron chi connectivity index (χ4n) is 1.68. The molecule has 0 fully saturated rings. The first-order valence-electron chi connectivity index (χ1n) is 6.68. The molecule has 0 amide bonds. The summed E-state index contributed by atoms with van der Waals surface area (Å²) >= 11 is 0. The van der Waals surface area contributed by atoms with Gasteiger partial charge in [-0.25, -0.2) is 4.79 Å². The van der Waals surface area contributed by atoms with E-state index in [4.69, 9.17) is 14.6 Å². The molecule has 0 spiro atoms. The van der Waals surface area contributed by atoms with Crippen LogP contribution >= 0.6 is 0 Å². The molecule has 20 heavy (non-hydrogen) atoms. The quantitative estimate of drug-likeness (QED) is 0.585. The van der Waals surface area contributed by atoms with Crippen LogP contribution in [0.3, 0.4) is 0 Å². The molecule has 0 aliphatic rings. The number of carboxylic acids is 1. The van der Waals surface area contributed by atoms with Gasteiger partial charge in [0.25, 0.3) is 0 Å². The molecule has 0 saturated heterocycles. The molecule has 4 heteroatoms. The predicted octanol–water partition coefficient (Wildman–Crippen LogP) is 3.36. The lowest BCUT2D eigenvalue weighted by molar-refractivity contribution is -0.131. The summed E-state index contributed by atoms with van der Waals surface area (Å²) in [5.41, 5.74) is 1.74. The fraction of sp³-hybridized carbons (Fsp3) is 0.438. The van der Waals surface area contributed by atoms with E-state index in [0.29, 0.717) is 19.1 Å². The lowest BCUT2D eigenvalue weighted by Crippen LogP contribution is -2.01. The van der Waals surface area contributed by atoms with Crippen molar-refractivity contribution in [2.75, 3.05) is 13.7 Å². The summed E-state index contributed by atoms with van der Waals surface area (Å²) in [5, 5.41) is 8.63. The van der Waals surface area contributed by atoms with Gasteiger partial charge in [-0.3, -0.25) is 0 Å². The number of aliphatic carboxylic acids is 1. The lowest BCUT2D eigenvalue weighted by Gasteiger charge is -2.11. The van der Waals surface area contributed by atoms with Crippen LogP contribution in [-0.2, 0) is 16.1 Å². The van der Waals surface area contributed by atoms with E-state index < -0.39 is 5.97 Å². The minimum Gasteiger partial charge on any atom is -0.496 e. The van der Waals surface area contributed by atoms with Crippen molar-refractivity contribution in [3.05, 3.63) is 35.4 Å². The van der Waals surface area contributed by atoms with Crippen LogP contribution in [0.1, 0.15) is 31.4 Å². The smallest absolute Gasteiger partial charge is 0.328 e. The average molecular weight is 278 g/mol. The number of benzene rings is 1. The van der Waals surface area contributed by atoms with Gasteiger partial charge in [-0.15, -0.1) is 0 Å². The van der Waals surface area contributed by atoms with E-state index >= 15 is 0 Å². The molecule has 1 aromatic carbocycles. The highest BCUT2D eigenvalue weighted by molar-refractivity contribution is 5.85. The van der Waals surface area contributed by atoms with Gasteiger partial charge in [0.2, 0.25) is 0 Å². The van der Waals surface area contributed by atoms with Gasteiger partial charge in [-0.05, 0) is 36.1 Å². The summed E-state index contributed by atoms with van der Waals surface area (Å²) in [6, 6.07) is 5.52. The molecule has 1 aromatic rings. The van der Waals surface area contributed by atoms with Crippen molar-refractivity contribution in [2.24, 2.45) is 5.92 Å². The Hall–Kier alpha value is -1.81. The van der Waals surface area contributed by atoms with Crippen LogP contribution in [-0.4, -0.2) is 24.8 Å². The van der Waals surface area contributed by atoms with Crippen LogP contribution in [0, 0.1) is 5.92 Å². The van der Waals surface area contributed by atoms with E-state index in [1.807, 2.05) is 18.2 Å². The normalized spacial score (nSPS) is 11.2. The molecule has 1 rings (SSSR count). The third-order valence-electron chi connectivity index (χ3n) is 2.82. The highest BCUT2D eigenvalue weighted by Crippen LogP contribution is 2.21. The molecule has 0 aliphatic carbocycles. The molecule has 0 aromatic heterocycles. The van der Waals surface area contributed by atoms with Gasteiger partial charge >= 0.3 is 5.97 Å². The van der Waals surface area contributed by atoms with Crippen LogP contribution in [0.15, 0.2) is 24.3 Å². The van der Waals surface area contributed by atoms with Crippen LogP contribution in [0.25, 0.3) is 6.08 Å².